The van der Waals surface area contributed by atoms with Gasteiger partial charge in [0, 0.05) is 30.9 Å². The molecule has 5 rings (SSSR count). The fourth-order valence-electron chi connectivity index (χ4n) is 4.60. The number of hydrogen-bond acceptors (Lipinski definition) is 4. The first-order valence-electron chi connectivity index (χ1n) is 10.8. The highest BCUT2D eigenvalue weighted by molar-refractivity contribution is 5.95. The maximum absolute atomic E-state index is 14.5. The van der Waals surface area contributed by atoms with Crippen LogP contribution in [0, 0.1) is 11.7 Å². The zero-order valence-corrected chi connectivity index (χ0v) is 17.3. The number of fused-ring (bicyclic) bond motifs is 1. The van der Waals surface area contributed by atoms with Gasteiger partial charge in [-0.3, -0.25) is 9.59 Å². The Bertz CT molecular complexity index is 1180. The average molecular weight is 420 g/mol. The predicted octanol–water partition coefficient (Wildman–Crippen LogP) is 2.75. The topological polar surface area (TPSA) is 58.4 Å². The van der Waals surface area contributed by atoms with Gasteiger partial charge in [0.1, 0.15) is 5.82 Å². The average Bonchev–Trinajstić information content (AvgIpc) is 3.27. The third-order valence-electron chi connectivity index (χ3n) is 6.31. The summed E-state index contributed by atoms with van der Waals surface area (Å²) in [5.41, 5.74) is 0.525. The first-order chi connectivity index (χ1) is 15.1. The van der Waals surface area contributed by atoms with Crippen LogP contribution in [0.4, 0.5) is 4.39 Å². The van der Waals surface area contributed by atoms with Crippen LogP contribution >= 0.6 is 0 Å². The zero-order chi connectivity index (χ0) is 21.4. The summed E-state index contributed by atoms with van der Waals surface area (Å²) in [4.78, 5) is 29.7. The lowest BCUT2D eigenvalue weighted by molar-refractivity contribution is 0.0428. The highest BCUT2D eigenvalue weighted by Gasteiger charge is 2.33. The van der Waals surface area contributed by atoms with Crippen molar-refractivity contribution in [3.8, 4) is 0 Å². The van der Waals surface area contributed by atoms with Crippen molar-refractivity contribution in [3.63, 3.8) is 0 Å². The summed E-state index contributed by atoms with van der Waals surface area (Å²) in [5.74, 6) is -0.347. The van der Waals surface area contributed by atoms with Gasteiger partial charge in [-0.25, -0.2) is 9.07 Å². The SMILES string of the molecule is O=C(c1cc(Cn2ncc3ccccc3c2=O)ccc1F)N1CC(CN2CCCC2)C1. The fourth-order valence-corrected chi connectivity index (χ4v) is 4.60. The molecule has 0 atom stereocenters. The lowest BCUT2D eigenvalue weighted by Crippen LogP contribution is -2.53. The van der Waals surface area contributed by atoms with Crippen LogP contribution < -0.4 is 5.56 Å². The molecular formula is C24H25FN4O2. The van der Waals surface area contributed by atoms with Crippen molar-refractivity contribution in [2.45, 2.75) is 19.4 Å². The molecular weight excluding hydrogens is 395 g/mol. The molecule has 1 aromatic heterocycles. The molecule has 3 heterocycles. The predicted molar refractivity (Wildman–Crippen MR) is 117 cm³/mol. The number of carbonyl (C=O) groups excluding carboxylic acids is 1. The molecule has 0 saturated carbocycles. The van der Waals surface area contributed by atoms with Gasteiger partial charge in [-0.15, -0.1) is 0 Å². The normalized spacial score (nSPS) is 17.3. The molecule has 31 heavy (non-hydrogen) atoms. The van der Waals surface area contributed by atoms with Gasteiger partial charge >= 0.3 is 0 Å². The first-order valence-corrected chi connectivity index (χ1v) is 10.8. The summed E-state index contributed by atoms with van der Waals surface area (Å²) in [6.45, 7) is 4.83. The Labute approximate surface area is 179 Å². The molecule has 0 aliphatic carbocycles. The van der Waals surface area contributed by atoms with Gasteiger partial charge in [-0.05, 0) is 49.7 Å². The molecule has 2 saturated heterocycles. The van der Waals surface area contributed by atoms with Crippen molar-refractivity contribution in [2.24, 2.45) is 5.92 Å². The number of rotatable bonds is 5. The zero-order valence-electron chi connectivity index (χ0n) is 17.3. The van der Waals surface area contributed by atoms with Crippen molar-refractivity contribution >= 4 is 16.7 Å². The highest BCUT2D eigenvalue weighted by atomic mass is 19.1. The molecule has 0 N–H and O–H groups in total. The van der Waals surface area contributed by atoms with Gasteiger partial charge in [0.2, 0.25) is 0 Å². The third kappa shape index (κ3) is 3.97. The van der Waals surface area contributed by atoms with Crippen molar-refractivity contribution in [2.75, 3.05) is 32.7 Å². The third-order valence-corrected chi connectivity index (χ3v) is 6.31. The van der Waals surface area contributed by atoms with E-state index in [1.165, 1.54) is 23.6 Å². The van der Waals surface area contributed by atoms with Gasteiger partial charge in [0.05, 0.1) is 23.7 Å². The summed E-state index contributed by atoms with van der Waals surface area (Å²) < 4.78 is 15.8. The van der Waals surface area contributed by atoms with E-state index in [0.29, 0.717) is 30.0 Å². The van der Waals surface area contributed by atoms with Gasteiger partial charge in [-0.2, -0.15) is 5.10 Å². The van der Waals surface area contributed by atoms with Crippen molar-refractivity contribution in [3.05, 3.63) is 76.0 Å². The van der Waals surface area contributed by atoms with Crippen LogP contribution in [0.5, 0.6) is 0 Å². The van der Waals surface area contributed by atoms with Gasteiger partial charge in [0.15, 0.2) is 0 Å². The van der Waals surface area contributed by atoms with E-state index in [2.05, 4.69) is 10.00 Å². The van der Waals surface area contributed by atoms with Crippen LogP contribution in [0.15, 0.2) is 53.5 Å². The number of likely N-dealkylation sites (tertiary alicyclic amines) is 2. The molecule has 0 bridgehead atoms. The number of aromatic nitrogens is 2. The number of amides is 1. The van der Waals surface area contributed by atoms with Crippen LogP contribution in [-0.4, -0.2) is 58.2 Å². The summed E-state index contributed by atoms with van der Waals surface area (Å²) in [5, 5.41) is 5.59. The second-order valence-electron chi connectivity index (χ2n) is 8.59. The number of halogens is 1. The molecule has 2 aliphatic rings. The monoisotopic (exact) mass is 420 g/mol. The van der Waals surface area contributed by atoms with E-state index in [9.17, 15) is 14.0 Å². The maximum atomic E-state index is 14.5. The van der Waals surface area contributed by atoms with Gasteiger partial charge < -0.3 is 9.80 Å². The van der Waals surface area contributed by atoms with Crippen LogP contribution in [0.1, 0.15) is 28.8 Å². The number of benzene rings is 2. The van der Waals surface area contributed by atoms with E-state index in [1.807, 2.05) is 18.2 Å². The number of nitrogens with zero attached hydrogens (tertiary/aromatic N) is 4. The second kappa shape index (κ2) is 8.23. The Morgan fingerprint density at radius 3 is 2.68 bits per heavy atom. The van der Waals surface area contributed by atoms with E-state index in [0.717, 1.165) is 25.0 Å². The van der Waals surface area contributed by atoms with E-state index >= 15 is 0 Å². The highest BCUT2D eigenvalue weighted by Crippen LogP contribution is 2.23. The molecule has 7 heteroatoms. The Kier molecular flexibility index (Phi) is 5.28. The largest absolute Gasteiger partial charge is 0.338 e. The lowest BCUT2D eigenvalue weighted by Gasteiger charge is -2.41. The quantitative estimate of drug-likeness (QED) is 0.637. The standard InChI is InChI=1S/C24H25FN4O2/c25-22-8-7-17(16-29-24(31)20-6-2-1-5-19(20)12-26-29)11-21(22)23(30)28-14-18(15-28)13-27-9-3-4-10-27/h1-2,5-8,11-12,18H,3-4,9-10,13-16H2. The molecule has 2 aliphatic heterocycles. The molecule has 0 unspecified atom stereocenters. The first kappa shape index (κ1) is 19.9. The molecule has 160 valence electrons. The molecule has 0 radical (unpaired) electrons. The molecule has 3 aromatic rings. The molecule has 0 spiro atoms. The molecule has 1 amide bonds. The molecule has 2 aromatic carbocycles. The number of carbonyl (C=O) groups is 1. The maximum Gasteiger partial charge on any atom is 0.274 e. The van der Waals surface area contributed by atoms with Crippen LogP contribution in [-0.2, 0) is 6.54 Å². The Balaban J connectivity index is 1.30. The Morgan fingerprint density at radius 2 is 1.87 bits per heavy atom. The number of hydrogen-bond donors (Lipinski definition) is 0. The van der Waals surface area contributed by atoms with Gasteiger partial charge in [0.25, 0.3) is 11.5 Å². The van der Waals surface area contributed by atoms with E-state index < -0.39 is 5.82 Å². The summed E-state index contributed by atoms with van der Waals surface area (Å²) in [7, 11) is 0. The summed E-state index contributed by atoms with van der Waals surface area (Å²) in [6.07, 6.45) is 4.15. The van der Waals surface area contributed by atoms with E-state index in [4.69, 9.17) is 0 Å². The van der Waals surface area contributed by atoms with Crippen LogP contribution in [0.3, 0.4) is 0 Å². The second-order valence-corrected chi connectivity index (χ2v) is 8.59. The van der Waals surface area contributed by atoms with Crippen LogP contribution in [0.2, 0.25) is 0 Å². The minimum atomic E-state index is -0.532. The summed E-state index contributed by atoms with van der Waals surface area (Å²) >= 11 is 0. The fraction of sp³-hybridized carbons (Fsp3) is 0.375. The van der Waals surface area contributed by atoms with E-state index in [1.54, 1.807) is 29.3 Å². The Hall–Kier alpha value is -3.06. The van der Waals surface area contributed by atoms with Crippen molar-refractivity contribution in [1.82, 2.24) is 19.6 Å². The minimum absolute atomic E-state index is 0.0611. The van der Waals surface area contributed by atoms with Gasteiger partial charge in [-0.1, -0.05) is 24.3 Å². The smallest absolute Gasteiger partial charge is 0.274 e. The van der Waals surface area contributed by atoms with Crippen molar-refractivity contribution in [1.29, 1.82) is 0 Å². The molecule has 2 fully saturated rings. The Morgan fingerprint density at radius 1 is 1.10 bits per heavy atom. The van der Waals surface area contributed by atoms with Crippen LogP contribution in [0.25, 0.3) is 10.8 Å². The lowest BCUT2D eigenvalue weighted by atomic mass is 9.97. The summed E-state index contributed by atoms with van der Waals surface area (Å²) in [6, 6.07) is 11.7. The molecule has 6 nitrogen and oxygen atoms in total. The van der Waals surface area contributed by atoms with E-state index in [-0.39, 0.29) is 23.6 Å². The van der Waals surface area contributed by atoms with Crippen molar-refractivity contribution < 1.29 is 9.18 Å². The minimum Gasteiger partial charge on any atom is -0.338 e.